The Morgan fingerprint density at radius 2 is 2.31 bits per heavy atom. The first-order chi connectivity index (χ1) is 6.24. The van der Waals surface area contributed by atoms with Gasteiger partial charge in [0, 0.05) is 14.6 Å². The molecule has 0 bridgehead atoms. The van der Waals surface area contributed by atoms with E-state index < -0.39 is 0 Å². The van der Waals surface area contributed by atoms with Crippen LogP contribution in [0.5, 0.6) is 0 Å². The number of hydrogen-bond acceptors (Lipinski definition) is 2. The standard InChI is InChI=1S/C9H6BrClOS/c10-8-5(4-12)3-7-6(9(8)11)1-2-13-7/h1-3,12H,4H2. The van der Waals surface area contributed by atoms with E-state index in [1.54, 1.807) is 11.3 Å². The predicted octanol–water partition coefficient (Wildman–Crippen LogP) is 3.81. The number of benzene rings is 1. The zero-order valence-corrected chi connectivity index (χ0v) is 9.71. The molecule has 1 nitrogen and oxygen atoms in total. The highest BCUT2D eigenvalue weighted by atomic mass is 79.9. The lowest BCUT2D eigenvalue weighted by atomic mass is 10.2. The van der Waals surface area contributed by atoms with E-state index in [-0.39, 0.29) is 6.61 Å². The van der Waals surface area contributed by atoms with Gasteiger partial charge in [-0.3, -0.25) is 0 Å². The number of hydrogen-bond donors (Lipinski definition) is 1. The third-order valence-corrected chi connectivity index (χ3v) is 4.27. The Morgan fingerprint density at radius 1 is 1.54 bits per heavy atom. The number of aliphatic hydroxyl groups excluding tert-OH is 1. The van der Waals surface area contributed by atoms with Crippen LogP contribution in [0.15, 0.2) is 22.0 Å². The second-order valence-corrected chi connectivity index (χ2v) is 4.77. The molecule has 0 aliphatic rings. The van der Waals surface area contributed by atoms with Crippen molar-refractivity contribution in [3.63, 3.8) is 0 Å². The molecular weight excluding hydrogens is 272 g/mol. The third kappa shape index (κ3) is 1.50. The van der Waals surface area contributed by atoms with Crippen molar-refractivity contribution in [2.45, 2.75) is 6.61 Å². The van der Waals surface area contributed by atoms with Gasteiger partial charge in [-0.1, -0.05) is 11.6 Å². The Kier molecular flexibility index (Phi) is 2.60. The van der Waals surface area contributed by atoms with Crippen LogP contribution in [-0.2, 0) is 6.61 Å². The Bertz CT molecular complexity index is 452. The topological polar surface area (TPSA) is 20.2 Å². The van der Waals surface area contributed by atoms with E-state index in [1.165, 1.54) is 0 Å². The molecule has 0 aliphatic carbocycles. The fraction of sp³-hybridized carbons (Fsp3) is 0.111. The molecule has 0 amide bonds. The summed E-state index contributed by atoms with van der Waals surface area (Å²) in [5.74, 6) is 0. The molecule has 4 heteroatoms. The molecule has 1 aromatic carbocycles. The van der Waals surface area contributed by atoms with E-state index in [0.29, 0.717) is 5.02 Å². The average molecular weight is 278 g/mol. The van der Waals surface area contributed by atoms with E-state index >= 15 is 0 Å². The molecule has 0 radical (unpaired) electrons. The van der Waals surface area contributed by atoms with Crippen LogP contribution in [-0.4, -0.2) is 5.11 Å². The van der Waals surface area contributed by atoms with Crippen molar-refractivity contribution in [2.24, 2.45) is 0 Å². The fourth-order valence-electron chi connectivity index (χ4n) is 1.21. The van der Waals surface area contributed by atoms with Gasteiger partial charge < -0.3 is 5.11 Å². The molecule has 1 N–H and O–H groups in total. The number of aliphatic hydroxyl groups is 1. The first kappa shape index (κ1) is 9.46. The maximum Gasteiger partial charge on any atom is 0.0693 e. The van der Waals surface area contributed by atoms with Crippen molar-refractivity contribution in [2.75, 3.05) is 0 Å². The van der Waals surface area contributed by atoms with Gasteiger partial charge in [-0.25, -0.2) is 0 Å². The van der Waals surface area contributed by atoms with Gasteiger partial charge in [-0.15, -0.1) is 11.3 Å². The molecule has 0 atom stereocenters. The van der Waals surface area contributed by atoms with Crippen molar-refractivity contribution in [1.29, 1.82) is 0 Å². The molecule has 13 heavy (non-hydrogen) atoms. The van der Waals surface area contributed by atoms with Crippen LogP contribution in [0, 0.1) is 0 Å². The van der Waals surface area contributed by atoms with Crippen molar-refractivity contribution < 1.29 is 5.11 Å². The Hall–Kier alpha value is -0.0900. The van der Waals surface area contributed by atoms with Gasteiger partial charge in [0.15, 0.2) is 0 Å². The number of halogens is 2. The zero-order chi connectivity index (χ0) is 9.42. The molecule has 0 aliphatic heterocycles. The SMILES string of the molecule is OCc1cc2sccc2c(Cl)c1Br. The summed E-state index contributed by atoms with van der Waals surface area (Å²) >= 11 is 11.1. The van der Waals surface area contributed by atoms with Gasteiger partial charge in [-0.05, 0) is 39.0 Å². The third-order valence-electron chi connectivity index (χ3n) is 1.88. The highest BCUT2D eigenvalue weighted by Gasteiger charge is 2.09. The van der Waals surface area contributed by atoms with Gasteiger partial charge in [0.05, 0.1) is 11.6 Å². The lowest BCUT2D eigenvalue weighted by Crippen LogP contribution is -1.85. The zero-order valence-electron chi connectivity index (χ0n) is 6.55. The van der Waals surface area contributed by atoms with Crippen LogP contribution in [0.2, 0.25) is 5.02 Å². The van der Waals surface area contributed by atoms with E-state index in [4.69, 9.17) is 16.7 Å². The summed E-state index contributed by atoms with van der Waals surface area (Å²) in [6.07, 6.45) is 0. The maximum absolute atomic E-state index is 9.06. The van der Waals surface area contributed by atoms with E-state index in [9.17, 15) is 0 Å². The van der Waals surface area contributed by atoms with Crippen LogP contribution in [0.1, 0.15) is 5.56 Å². The molecule has 0 fully saturated rings. The summed E-state index contributed by atoms with van der Waals surface area (Å²) in [6, 6.07) is 3.93. The molecule has 0 saturated carbocycles. The minimum absolute atomic E-state index is 0.00808. The minimum Gasteiger partial charge on any atom is -0.392 e. The average Bonchev–Trinajstić information content (AvgIpc) is 2.59. The molecular formula is C9H6BrClOS. The molecule has 0 unspecified atom stereocenters. The quantitative estimate of drug-likeness (QED) is 0.840. The second kappa shape index (κ2) is 3.58. The maximum atomic E-state index is 9.06. The smallest absolute Gasteiger partial charge is 0.0693 e. The molecule has 68 valence electrons. The normalized spacial score (nSPS) is 11.0. The van der Waals surface area contributed by atoms with Gasteiger partial charge in [0.1, 0.15) is 0 Å². The first-order valence-corrected chi connectivity index (χ1v) is 5.74. The fourth-order valence-corrected chi connectivity index (χ4v) is 2.86. The molecule has 2 aromatic rings. The highest BCUT2D eigenvalue weighted by molar-refractivity contribution is 9.10. The van der Waals surface area contributed by atoms with E-state index in [2.05, 4.69) is 15.9 Å². The minimum atomic E-state index is 0.00808. The van der Waals surface area contributed by atoms with Gasteiger partial charge in [-0.2, -0.15) is 0 Å². The van der Waals surface area contributed by atoms with Gasteiger partial charge in [0.25, 0.3) is 0 Å². The number of thiophene rings is 1. The summed E-state index contributed by atoms with van der Waals surface area (Å²) in [5, 5.41) is 12.8. The van der Waals surface area contributed by atoms with Crippen molar-refractivity contribution in [3.05, 3.63) is 32.6 Å². The lowest BCUT2D eigenvalue weighted by Gasteiger charge is -2.03. The van der Waals surface area contributed by atoms with Crippen LogP contribution in [0.25, 0.3) is 10.1 Å². The van der Waals surface area contributed by atoms with Crippen LogP contribution >= 0.6 is 38.9 Å². The van der Waals surface area contributed by atoms with Gasteiger partial charge in [0.2, 0.25) is 0 Å². The van der Waals surface area contributed by atoms with Crippen LogP contribution < -0.4 is 0 Å². The second-order valence-electron chi connectivity index (χ2n) is 2.65. The molecule has 1 aromatic heterocycles. The van der Waals surface area contributed by atoms with Crippen molar-refractivity contribution >= 4 is 49.0 Å². The lowest BCUT2D eigenvalue weighted by molar-refractivity contribution is 0.281. The highest BCUT2D eigenvalue weighted by Crippen LogP contribution is 2.36. The largest absolute Gasteiger partial charge is 0.392 e. The predicted molar refractivity (Wildman–Crippen MR) is 60.5 cm³/mol. The monoisotopic (exact) mass is 276 g/mol. The summed E-state index contributed by atoms with van der Waals surface area (Å²) in [7, 11) is 0. The summed E-state index contributed by atoms with van der Waals surface area (Å²) < 4.78 is 1.90. The van der Waals surface area contributed by atoms with Crippen LogP contribution in [0.3, 0.4) is 0 Å². The summed E-state index contributed by atoms with van der Waals surface area (Å²) in [5.41, 5.74) is 0.833. The first-order valence-electron chi connectivity index (χ1n) is 3.69. The summed E-state index contributed by atoms with van der Waals surface area (Å²) in [6.45, 7) is 0.00808. The van der Waals surface area contributed by atoms with Gasteiger partial charge >= 0.3 is 0 Å². The van der Waals surface area contributed by atoms with Crippen molar-refractivity contribution in [1.82, 2.24) is 0 Å². The molecule has 0 saturated heterocycles. The van der Waals surface area contributed by atoms with E-state index in [0.717, 1.165) is 20.1 Å². The number of rotatable bonds is 1. The van der Waals surface area contributed by atoms with Crippen LogP contribution in [0.4, 0.5) is 0 Å². The molecule has 0 spiro atoms. The number of fused-ring (bicyclic) bond motifs is 1. The Labute approximate surface area is 93.1 Å². The Balaban J connectivity index is 2.83. The Morgan fingerprint density at radius 3 is 3.00 bits per heavy atom. The van der Waals surface area contributed by atoms with E-state index in [1.807, 2.05) is 17.5 Å². The van der Waals surface area contributed by atoms with Crippen molar-refractivity contribution in [3.8, 4) is 0 Å². The summed E-state index contributed by atoms with van der Waals surface area (Å²) in [4.78, 5) is 0. The molecule has 1 heterocycles. The molecule has 2 rings (SSSR count).